The van der Waals surface area contributed by atoms with Gasteiger partial charge in [0.25, 0.3) is 7.82 Å². The molecule has 0 saturated carbocycles. The van der Waals surface area contributed by atoms with Crippen LogP contribution in [-0.4, -0.2) is 64.7 Å². The first kappa shape index (κ1) is 42.7. The van der Waals surface area contributed by atoms with E-state index < -0.39 is 29.4 Å². The number of phosphoric ester groups is 1. The van der Waals surface area contributed by atoms with E-state index >= 15 is 0 Å². The van der Waals surface area contributed by atoms with Gasteiger partial charge in [0, 0.05) is 13.8 Å². The standard InChI is InChI=1S/2C7H18NO4P.C7H18NO3P/c1-11-13(9,10)12-7-5-3-2-4-6-8;8-5-3-1-2-4-6-12-13(10,11)7-9;1-12(9,10)11-7-5-3-2-4-6-8/h2-8H2,1H3,(H,9,10);9H,1-8H2,(H,10,11);2-8H2,1H3,(H,9,10)/p-3. The average Bonchev–Trinajstić information content (AvgIpc) is 2.86. The van der Waals surface area contributed by atoms with E-state index in [4.69, 9.17) is 22.3 Å². The van der Waals surface area contributed by atoms with Crippen molar-refractivity contribution in [3.05, 3.63) is 0 Å². The highest BCUT2D eigenvalue weighted by Gasteiger charge is 2.05. The molecule has 17 heteroatoms. The zero-order valence-corrected chi connectivity index (χ0v) is 25.7. The fraction of sp³-hybridized carbons (Fsp3) is 1.00. The Kier molecular flexibility index (Phi) is 32.3. The van der Waals surface area contributed by atoms with Crippen LogP contribution in [0.2, 0.25) is 0 Å². The summed E-state index contributed by atoms with van der Waals surface area (Å²) in [5.74, 6) is 0. The molecule has 38 heavy (non-hydrogen) atoms. The van der Waals surface area contributed by atoms with Gasteiger partial charge in [-0.25, -0.2) is 0 Å². The van der Waals surface area contributed by atoms with Gasteiger partial charge in [-0.15, -0.1) is 0 Å². The number of aliphatic hydroxyl groups is 1. The summed E-state index contributed by atoms with van der Waals surface area (Å²) >= 11 is 0. The second kappa shape index (κ2) is 28.8. The Bertz CT molecular complexity index is 607. The van der Waals surface area contributed by atoms with E-state index in [-0.39, 0.29) is 13.2 Å². The highest BCUT2D eigenvalue weighted by molar-refractivity contribution is 7.51. The fourth-order valence-corrected chi connectivity index (χ4v) is 3.91. The molecule has 0 aliphatic rings. The Morgan fingerprint density at radius 2 is 0.947 bits per heavy atom. The molecule has 0 aromatic heterocycles. The second-order valence-electron chi connectivity index (χ2n) is 8.26. The van der Waals surface area contributed by atoms with Crippen molar-refractivity contribution in [1.82, 2.24) is 0 Å². The second-order valence-corrected chi connectivity index (χ2v) is 13.3. The van der Waals surface area contributed by atoms with Crippen LogP contribution in [0.1, 0.15) is 77.0 Å². The number of rotatable bonds is 23. The Balaban J connectivity index is -0.000000484. The highest BCUT2D eigenvalue weighted by atomic mass is 31.2. The van der Waals surface area contributed by atoms with Crippen LogP contribution in [0.15, 0.2) is 0 Å². The topological polar surface area (TPSA) is 256 Å². The van der Waals surface area contributed by atoms with E-state index in [0.29, 0.717) is 32.7 Å². The van der Waals surface area contributed by atoms with Crippen LogP contribution in [0.25, 0.3) is 0 Å². The number of phosphoric acid groups is 1. The first-order valence-electron chi connectivity index (χ1n) is 12.9. The minimum Gasteiger partial charge on any atom is -0.779 e. The number of hydrogen-bond donors (Lipinski definition) is 4. The van der Waals surface area contributed by atoms with Gasteiger partial charge in [-0.1, -0.05) is 38.5 Å². The van der Waals surface area contributed by atoms with Gasteiger partial charge in [0.1, 0.15) is 13.9 Å². The Labute approximate surface area is 228 Å². The minimum absolute atomic E-state index is 0.159. The van der Waals surface area contributed by atoms with Gasteiger partial charge in [0.2, 0.25) is 0 Å². The lowest BCUT2D eigenvalue weighted by molar-refractivity contribution is -0.223. The highest BCUT2D eigenvalue weighted by Crippen LogP contribution is 2.37. The van der Waals surface area contributed by atoms with Crippen molar-refractivity contribution in [3.8, 4) is 0 Å². The van der Waals surface area contributed by atoms with Gasteiger partial charge in [-0.3, -0.25) is 4.57 Å². The molecular formula is C21H51N3O11P3-3. The van der Waals surface area contributed by atoms with E-state index in [9.17, 15) is 28.4 Å². The minimum atomic E-state index is -4.00. The molecule has 0 radical (unpaired) electrons. The molecule has 0 spiro atoms. The van der Waals surface area contributed by atoms with E-state index in [1.807, 2.05) is 0 Å². The van der Waals surface area contributed by atoms with E-state index in [0.717, 1.165) is 84.4 Å². The molecule has 3 atom stereocenters. The predicted molar refractivity (Wildman–Crippen MR) is 143 cm³/mol. The van der Waals surface area contributed by atoms with Crippen LogP contribution in [0, 0.1) is 0 Å². The molecule has 0 fully saturated rings. The first-order valence-corrected chi connectivity index (χ1v) is 18.1. The molecule has 0 heterocycles. The summed E-state index contributed by atoms with van der Waals surface area (Å²) in [5, 5.41) is 8.32. The van der Waals surface area contributed by atoms with Crippen LogP contribution in [0.4, 0.5) is 0 Å². The maximum absolute atomic E-state index is 10.7. The van der Waals surface area contributed by atoms with Crippen LogP contribution in [0.3, 0.4) is 0 Å². The van der Waals surface area contributed by atoms with E-state index in [1.54, 1.807) is 0 Å². The van der Waals surface area contributed by atoms with Crippen LogP contribution >= 0.6 is 23.0 Å². The zero-order valence-electron chi connectivity index (χ0n) is 23.0. The molecule has 7 N–H and O–H groups in total. The SMILES string of the molecule is COP(=O)([O-])OCCCCCCN.CP(=O)([O-])OCCCCCCN.NCCCCCCOP(=O)([O-])CO. The van der Waals surface area contributed by atoms with Crippen molar-refractivity contribution in [2.75, 3.05) is 59.6 Å². The number of unbranched alkanes of at least 4 members (excludes halogenated alkanes) is 9. The molecule has 0 bridgehead atoms. The van der Waals surface area contributed by atoms with Gasteiger partial charge < -0.3 is 64.2 Å². The first-order chi connectivity index (χ1) is 17.8. The van der Waals surface area contributed by atoms with Gasteiger partial charge in [0.05, 0.1) is 19.8 Å². The molecule has 3 unspecified atom stereocenters. The van der Waals surface area contributed by atoms with Crippen molar-refractivity contribution in [2.45, 2.75) is 77.0 Å². The Hall–Kier alpha value is 0.250. The average molecular weight is 615 g/mol. The molecule has 0 aliphatic heterocycles. The van der Waals surface area contributed by atoms with Crippen LogP contribution in [-0.2, 0) is 31.8 Å². The lowest BCUT2D eigenvalue weighted by Crippen LogP contribution is -2.08. The maximum Gasteiger partial charge on any atom is 0.267 e. The monoisotopic (exact) mass is 614 g/mol. The van der Waals surface area contributed by atoms with Crippen molar-refractivity contribution in [1.29, 1.82) is 0 Å². The smallest absolute Gasteiger partial charge is 0.267 e. The molecule has 0 amide bonds. The molecule has 0 aromatic rings. The summed E-state index contributed by atoms with van der Waals surface area (Å²) in [6.45, 7) is 3.80. The van der Waals surface area contributed by atoms with Crippen LogP contribution in [0.5, 0.6) is 0 Å². The van der Waals surface area contributed by atoms with Crippen molar-refractivity contribution < 1.29 is 51.6 Å². The van der Waals surface area contributed by atoms with Gasteiger partial charge >= 0.3 is 0 Å². The summed E-state index contributed by atoms with van der Waals surface area (Å²) in [4.78, 5) is 31.8. The molecular weight excluding hydrogens is 563 g/mol. The summed E-state index contributed by atoms with van der Waals surface area (Å²) in [5.41, 5.74) is 15.9. The van der Waals surface area contributed by atoms with E-state index in [1.165, 1.54) is 0 Å². The van der Waals surface area contributed by atoms with Crippen molar-refractivity contribution in [3.63, 3.8) is 0 Å². The largest absolute Gasteiger partial charge is 0.779 e. The van der Waals surface area contributed by atoms with Crippen LogP contribution < -0.4 is 31.9 Å². The lowest BCUT2D eigenvalue weighted by Gasteiger charge is -2.20. The number of nitrogens with two attached hydrogens (primary N) is 3. The van der Waals surface area contributed by atoms with Gasteiger partial charge in [-0.05, 0) is 58.2 Å². The summed E-state index contributed by atoms with van der Waals surface area (Å²) in [6, 6.07) is 0. The van der Waals surface area contributed by atoms with E-state index in [2.05, 4.69) is 18.1 Å². The third-order valence-corrected chi connectivity index (χ3v) is 7.08. The van der Waals surface area contributed by atoms with Gasteiger partial charge in [-0.2, -0.15) is 0 Å². The fourth-order valence-electron chi connectivity index (χ4n) is 2.50. The third kappa shape index (κ3) is 40.7. The molecule has 234 valence electrons. The quantitative estimate of drug-likeness (QED) is 0.0936. The van der Waals surface area contributed by atoms with Gasteiger partial charge in [0.15, 0.2) is 7.60 Å². The maximum atomic E-state index is 10.7. The third-order valence-electron chi connectivity index (χ3n) is 4.56. The summed E-state index contributed by atoms with van der Waals surface area (Å²) in [6.07, 6.45) is 10.1. The molecule has 0 aliphatic carbocycles. The molecule has 0 aromatic carbocycles. The Morgan fingerprint density at radius 1 is 0.605 bits per heavy atom. The molecule has 0 saturated heterocycles. The normalized spacial score (nSPS) is 15.7. The zero-order chi connectivity index (χ0) is 29.8. The Morgan fingerprint density at radius 3 is 1.26 bits per heavy atom. The lowest BCUT2D eigenvalue weighted by atomic mass is 10.2. The number of hydrogen-bond acceptors (Lipinski definition) is 14. The summed E-state index contributed by atoms with van der Waals surface area (Å²) < 4.78 is 49.5. The summed E-state index contributed by atoms with van der Waals surface area (Å²) in [7, 11) is -10.4. The van der Waals surface area contributed by atoms with Crippen molar-refractivity contribution in [2.24, 2.45) is 17.2 Å². The molecule has 14 nitrogen and oxygen atoms in total. The predicted octanol–water partition coefficient (Wildman–Crippen LogP) is 1.37. The number of aliphatic hydroxyl groups excluding tert-OH is 1. The van der Waals surface area contributed by atoms with Crippen molar-refractivity contribution >= 4 is 23.0 Å². The molecule has 0 rings (SSSR count).